The van der Waals surface area contributed by atoms with E-state index in [-0.39, 0.29) is 36.6 Å². The zero-order valence-electron chi connectivity index (χ0n) is 10.8. The lowest BCUT2D eigenvalue weighted by Crippen LogP contribution is -2.40. The number of ether oxygens (including phenoxy) is 1. The van der Waals surface area contributed by atoms with E-state index in [1.807, 2.05) is 0 Å². The smallest absolute Gasteiger partial charge is 0.273 e. The fourth-order valence-electron chi connectivity index (χ4n) is 1.30. The van der Waals surface area contributed by atoms with Gasteiger partial charge in [-0.1, -0.05) is 6.07 Å². The van der Waals surface area contributed by atoms with E-state index in [1.165, 1.54) is 29.2 Å². The Morgan fingerprint density at radius 3 is 2.84 bits per heavy atom. The molecular weight excluding hydrogens is 252 g/mol. The standard InChI is InChI=1S/C12H16N2O5/c1-9(7-15)13(2)12(16)8-19-11-5-3-4-10(6-11)14(17)18/h3-6,9,15H,7-8H2,1-2H3. The first kappa shape index (κ1) is 14.9. The Morgan fingerprint density at radius 1 is 1.58 bits per heavy atom. The van der Waals surface area contributed by atoms with Gasteiger partial charge < -0.3 is 14.7 Å². The number of nitrogens with zero attached hydrogens (tertiary/aromatic N) is 2. The lowest BCUT2D eigenvalue weighted by atomic mass is 10.3. The second-order valence-corrected chi connectivity index (χ2v) is 4.08. The largest absolute Gasteiger partial charge is 0.484 e. The maximum Gasteiger partial charge on any atom is 0.273 e. The highest BCUT2D eigenvalue weighted by Gasteiger charge is 2.15. The molecule has 104 valence electrons. The zero-order chi connectivity index (χ0) is 14.4. The molecule has 7 heteroatoms. The van der Waals surface area contributed by atoms with E-state index in [9.17, 15) is 14.9 Å². The molecular formula is C12H16N2O5. The number of nitro groups is 1. The molecule has 1 atom stereocenters. The summed E-state index contributed by atoms with van der Waals surface area (Å²) < 4.78 is 5.20. The van der Waals surface area contributed by atoms with Crippen molar-refractivity contribution in [2.75, 3.05) is 20.3 Å². The minimum atomic E-state index is -0.533. The summed E-state index contributed by atoms with van der Waals surface area (Å²) in [6.45, 7) is 1.33. The van der Waals surface area contributed by atoms with Gasteiger partial charge in [0.05, 0.1) is 23.6 Å². The topological polar surface area (TPSA) is 92.9 Å². The fraction of sp³-hybridized carbons (Fsp3) is 0.417. The molecule has 1 unspecified atom stereocenters. The summed E-state index contributed by atoms with van der Waals surface area (Å²) in [5.74, 6) is -0.0549. The van der Waals surface area contributed by atoms with Crippen molar-refractivity contribution in [1.82, 2.24) is 4.90 Å². The van der Waals surface area contributed by atoms with Crippen LogP contribution in [0.2, 0.25) is 0 Å². The average Bonchev–Trinajstić information content (AvgIpc) is 2.43. The van der Waals surface area contributed by atoms with E-state index in [0.29, 0.717) is 0 Å². The van der Waals surface area contributed by atoms with E-state index >= 15 is 0 Å². The van der Waals surface area contributed by atoms with Gasteiger partial charge in [-0.15, -0.1) is 0 Å². The van der Waals surface area contributed by atoms with Gasteiger partial charge in [-0.3, -0.25) is 14.9 Å². The molecule has 1 aromatic rings. The fourth-order valence-corrected chi connectivity index (χ4v) is 1.30. The Balaban J connectivity index is 2.59. The number of carbonyl (C=O) groups is 1. The van der Waals surface area contributed by atoms with Gasteiger partial charge in [-0.05, 0) is 13.0 Å². The van der Waals surface area contributed by atoms with E-state index in [2.05, 4.69) is 0 Å². The van der Waals surface area contributed by atoms with Crippen LogP contribution in [0, 0.1) is 10.1 Å². The Bertz CT molecular complexity index is 463. The number of aliphatic hydroxyl groups excluding tert-OH is 1. The number of non-ortho nitro benzene ring substituents is 1. The van der Waals surface area contributed by atoms with Crippen LogP contribution < -0.4 is 4.74 Å². The van der Waals surface area contributed by atoms with Gasteiger partial charge in [0.15, 0.2) is 6.61 Å². The van der Waals surface area contributed by atoms with Gasteiger partial charge in [0.25, 0.3) is 11.6 Å². The summed E-state index contributed by atoms with van der Waals surface area (Å²) in [4.78, 5) is 23.1. The zero-order valence-corrected chi connectivity index (χ0v) is 10.8. The van der Waals surface area contributed by atoms with Crippen molar-refractivity contribution in [3.05, 3.63) is 34.4 Å². The molecule has 0 heterocycles. The number of hydrogen-bond acceptors (Lipinski definition) is 5. The quantitative estimate of drug-likeness (QED) is 0.608. The van der Waals surface area contributed by atoms with E-state index in [4.69, 9.17) is 9.84 Å². The Labute approximate surface area is 110 Å². The number of carbonyl (C=O) groups excluding carboxylic acids is 1. The summed E-state index contributed by atoms with van der Waals surface area (Å²) in [6.07, 6.45) is 0. The third-order valence-electron chi connectivity index (χ3n) is 2.71. The maximum absolute atomic E-state index is 11.7. The lowest BCUT2D eigenvalue weighted by molar-refractivity contribution is -0.384. The van der Waals surface area contributed by atoms with Gasteiger partial charge in [-0.25, -0.2) is 0 Å². The molecule has 7 nitrogen and oxygen atoms in total. The highest BCUT2D eigenvalue weighted by atomic mass is 16.6. The second-order valence-electron chi connectivity index (χ2n) is 4.08. The highest BCUT2D eigenvalue weighted by Crippen LogP contribution is 2.19. The van der Waals surface area contributed by atoms with Gasteiger partial charge >= 0.3 is 0 Å². The summed E-state index contributed by atoms with van der Waals surface area (Å²) in [5, 5.41) is 19.5. The van der Waals surface area contributed by atoms with Gasteiger partial charge in [0, 0.05) is 13.1 Å². The average molecular weight is 268 g/mol. The van der Waals surface area contributed by atoms with Crippen molar-refractivity contribution in [3.63, 3.8) is 0 Å². The Morgan fingerprint density at radius 2 is 2.26 bits per heavy atom. The number of aliphatic hydroxyl groups is 1. The van der Waals surface area contributed by atoms with Crippen molar-refractivity contribution in [3.8, 4) is 5.75 Å². The summed E-state index contributed by atoms with van der Waals surface area (Å²) in [7, 11) is 1.56. The van der Waals surface area contributed by atoms with Crippen LogP contribution in [0.15, 0.2) is 24.3 Å². The number of benzene rings is 1. The monoisotopic (exact) mass is 268 g/mol. The lowest BCUT2D eigenvalue weighted by Gasteiger charge is -2.23. The van der Waals surface area contributed by atoms with Crippen LogP contribution in [0.25, 0.3) is 0 Å². The summed E-state index contributed by atoms with van der Waals surface area (Å²) in [6, 6.07) is 5.31. The third-order valence-corrected chi connectivity index (χ3v) is 2.71. The predicted octanol–water partition coefficient (Wildman–Crippen LogP) is 0.813. The van der Waals surface area contributed by atoms with Crippen molar-refractivity contribution in [2.24, 2.45) is 0 Å². The molecule has 0 fully saturated rings. The first-order chi connectivity index (χ1) is 8.95. The van der Waals surface area contributed by atoms with Gasteiger partial charge in [-0.2, -0.15) is 0 Å². The molecule has 1 amide bonds. The van der Waals surface area contributed by atoms with Crippen LogP contribution in [-0.2, 0) is 4.79 Å². The molecule has 19 heavy (non-hydrogen) atoms. The molecule has 0 saturated heterocycles. The molecule has 0 spiro atoms. The molecule has 1 aromatic carbocycles. The van der Waals surface area contributed by atoms with Crippen LogP contribution in [0.1, 0.15) is 6.92 Å². The van der Waals surface area contributed by atoms with Gasteiger partial charge in [0.2, 0.25) is 0 Å². The van der Waals surface area contributed by atoms with Crippen molar-refractivity contribution < 1.29 is 19.6 Å². The number of amides is 1. The van der Waals surface area contributed by atoms with Crippen LogP contribution in [0.3, 0.4) is 0 Å². The molecule has 0 radical (unpaired) electrons. The molecule has 0 aromatic heterocycles. The SMILES string of the molecule is CC(CO)N(C)C(=O)COc1cccc([N+](=O)[O-])c1. The van der Waals surface area contributed by atoms with E-state index in [1.54, 1.807) is 14.0 Å². The first-order valence-electron chi connectivity index (χ1n) is 5.69. The number of nitro benzene ring substituents is 1. The summed E-state index contributed by atoms with van der Waals surface area (Å²) in [5.41, 5.74) is -0.0953. The maximum atomic E-state index is 11.7. The molecule has 1 N–H and O–H groups in total. The van der Waals surface area contributed by atoms with E-state index < -0.39 is 4.92 Å². The Hall–Kier alpha value is -2.15. The molecule has 0 aliphatic carbocycles. The molecule has 1 rings (SSSR count). The molecule has 0 bridgehead atoms. The second kappa shape index (κ2) is 6.69. The number of hydrogen-bond donors (Lipinski definition) is 1. The minimum absolute atomic E-state index is 0.0953. The number of likely N-dealkylation sites (N-methyl/N-ethyl adjacent to an activating group) is 1. The predicted molar refractivity (Wildman–Crippen MR) is 67.9 cm³/mol. The Kier molecular flexibility index (Phi) is 5.25. The van der Waals surface area contributed by atoms with E-state index in [0.717, 1.165) is 0 Å². The molecule has 0 aliphatic heterocycles. The normalized spacial score (nSPS) is 11.7. The molecule has 0 saturated carbocycles. The highest BCUT2D eigenvalue weighted by molar-refractivity contribution is 5.77. The van der Waals surface area contributed by atoms with Crippen LogP contribution in [-0.4, -0.2) is 47.1 Å². The van der Waals surface area contributed by atoms with Crippen LogP contribution >= 0.6 is 0 Å². The van der Waals surface area contributed by atoms with Crippen molar-refractivity contribution in [2.45, 2.75) is 13.0 Å². The van der Waals surface area contributed by atoms with Crippen molar-refractivity contribution >= 4 is 11.6 Å². The van der Waals surface area contributed by atoms with Gasteiger partial charge in [0.1, 0.15) is 5.75 Å². The first-order valence-corrected chi connectivity index (χ1v) is 5.69. The summed E-state index contributed by atoms with van der Waals surface area (Å²) >= 11 is 0. The molecule has 0 aliphatic rings. The number of rotatable bonds is 6. The van der Waals surface area contributed by atoms with Crippen LogP contribution in [0.4, 0.5) is 5.69 Å². The third kappa shape index (κ3) is 4.22. The minimum Gasteiger partial charge on any atom is -0.484 e. The van der Waals surface area contributed by atoms with Crippen molar-refractivity contribution in [1.29, 1.82) is 0 Å². The van der Waals surface area contributed by atoms with Crippen LogP contribution in [0.5, 0.6) is 5.75 Å².